The van der Waals surface area contributed by atoms with Gasteiger partial charge in [-0.25, -0.2) is 4.79 Å². The number of carbonyl (C=O) groups is 1. The number of amides is 2. The molecular formula is C11H25N3O. The van der Waals surface area contributed by atoms with Crippen LogP contribution in [0.1, 0.15) is 33.6 Å². The van der Waals surface area contributed by atoms with Crippen LogP contribution in [0.4, 0.5) is 4.79 Å². The van der Waals surface area contributed by atoms with Crippen LogP contribution in [0.2, 0.25) is 0 Å². The van der Waals surface area contributed by atoms with E-state index in [0.717, 1.165) is 39.0 Å². The fraction of sp³-hybridized carbons (Fsp3) is 0.909. The molecule has 0 rings (SSSR count). The second kappa shape index (κ2) is 8.53. The van der Waals surface area contributed by atoms with Gasteiger partial charge in [0, 0.05) is 26.2 Å². The minimum absolute atomic E-state index is 0.148. The molecule has 0 radical (unpaired) electrons. The average molecular weight is 215 g/mol. The summed E-state index contributed by atoms with van der Waals surface area (Å²) in [6.45, 7) is 9.91. The average Bonchev–Trinajstić information content (AvgIpc) is 2.25. The summed E-state index contributed by atoms with van der Waals surface area (Å²) in [6, 6.07) is 0.148. The van der Waals surface area contributed by atoms with Crippen LogP contribution in [0.15, 0.2) is 0 Å². The lowest BCUT2D eigenvalue weighted by molar-refractivity contribution is 0.157. The van der Waals surface area contributed by atoms with Crippen LogP contribution < -0.4 is 5.73 Å². The minimum atomic E-state index is 0.148. The molecule has 90 valence electrons. The van der Waals surface area contributed by atoms with E-state index in [1.807, 2.05) is 23.6 Å². The summed E-state index contributed by atoms with van der Waals surface area (Å²) in [5.74, 6) is 0. The highest BCUT2D eigenvalue weighted by Gasteiger charge is 2.16. The van der Waals surface area contributed by atoms with Crippen molar-refractivity contribution in [1.29, 1.82) is 0 Å². The molecule has 2 N–H and O–H groups in total. The maximum atomic E-state index is 12.0. The smallest absolute Gasteiger partial charge is 0.319 e. The van der Waals surface area contributed by atoms with Gasteiger partial charge in [-0.2, -0.15) is 0 Å². The standard InChI is InChI=1S/C11H25N3O/c1-4-9-14(10-7-8-12)11(15)13(5-2)6-3/h4-10,12H2,1-3H3. The largest absolute Gasteiger partial charge is 0.330 e. The summed E-state index contributed by atoms with van der Waals surface area (Å²) in [6.07, 6.45) is 1.88. The van der Waals surface area contributed by atoms with Crippen molar-refractivity contribution < 1.29 is 4.79 Å². The number of hydrogen-bond acceptors (Lipinski definition) is 2. The van der Waals surface area contributed by atoms with Crippen LogP contribution in [0.3, 0.4) is 0 Å². The van der Waals surface area contributed by atoms with Gasteiger partial charge in [0.15, 0.2) is 0 Å². The normalized spacial score (nSPS) is 10.1. The number of rotatable bonds is 7. The van der Waals surface area contributed by atoms with Crippen LogP contribution in [-0.2, 0) is 0 Å². The van der Waals surface area contributed by atoms with Crippen molar-refractivity contribution >= 4 is 6.03 Å². The topological polar surface area (TPSA) is 49.6 Å². The van der Waals surface area contributed by atoms with E-state index in [0.29, 0.717) is 6.54 Å². The Kier molecular flexibility index (Phi) is 8.09. The first-order valence-electron chi connectivity index (χ1n) is 5.95. The van der Waals surface area contributed by atoms with Crippen molar-refractivity contribution in [2.24, 2.45) is 5.73 Å². The van der Waals surface area contributed by atoms with E-state index < -0.39 is 0 Å². The lowest BCUT2D eigenvalue weighted by Crippen LogP contribution is -2.44. The van der Waals surface area contributed by atoms with E-state index in [1.165, 1.54) is 0 Å². The van der Waals surface area contributed by atoms with Crippen molar-refractivity contribution in [2.45, 2.75) is 33.6 Å². The predicted molar refractivity (Wildman–Crippen MR) is 63.9 cm³/mol. The Labute approximate surface area is 93.4 Å². The molecule has 0 atom stereocenters. The third-order valence-corrected chi connectivity index (χ3v) is 2.43. The van der Waals surface area contributed by atoms with E-state index in [9.17, 15) is 4.79 Å². The van der Waals surface area contributed by atoms with E-state index >= 15 is 0 Å². The van der Waals surface area contributed by atoms with Crippen molar-refractivity contribution in [3.8, 4) is 0 Å². The van der Waals surface area contributed by atoms with Crippen LogP contribution in [0.5, 0.6) is 0 Å². The second-order valence-electron chi connectivity index (χ2n) is 3.58. The first-order valence-corrected chi connectivity index (χ1v) is 5.95. The summed E-state index contributed by atoms with van der Waals surface area (Å²) in [5, 5.41) is 0. The monoisotopic (exact) mass is 215 g/mol. The molecule has 0 aliphatic carbocycles. The zero-order chi connectivity index (χ0) is 11.7. The first kappa shape index (κ1) is 14.2. The van der Waals surface area contributed by atoms with Crippen molar-refractivity contribution in [3.63, 3.8) is 0 Å². The summed E-state index contributed by atoms with van der Waals surface area (Å²) >= 11 is 0. The highest BCUT2D eigenvalue weighted by molar-refractivity contribution is 5.74. The number of nitrogens with zero attached hydrogens (tertiary/aromatic N) is 2. The molecule has 0 aliphatic heterocycles. The van der Waals surface area contributed by atoms with Gasteiger partial charge >= 0.3 is 6.03 Å². The highest BCUT2D eigenvalue weighted by Crippen LogP contribution is 2.01. The van der Waals surface area contributed by atoms with Gasteiger partial charge in [0.05, 0.1) is 0 Å². The lowest BCUT2D eigenvalue weighted by atomic mass is 10.3. The molecule has 0 saturated heterocycles. The maximum Gasteiger partial charge on any atom is 0.319 e. The molecule has 0 unspecified atom stereocenters. The predicted octanol–water partition coefficient (Wildman–Crippen LogP) is 1.51. The molecule has 0 bridgehead atoms. The fourth-order valence-corrected chi connectivity index (χ4v) is 1.55. The van der Waals surface area contributed by atoms with E-state index in [1.54, 1.807) is 0 Å². The quantitative estimate of drug-likeness (QED) is 0.700. The third kappa shape index (κ3) is 5.02. The molecule has 0 heterocycles. The van der Waals surface area contributed by atoms with Crippen LogP contribution in [0, 0.1) is 0 Å². The first-order chi connectivity index (χ1) is 7.21. The number of hydrogen-bond donors (Lipinski definition) is 1. The summed E-state index contributed by atoms with van der Waals surface area (Å²) in [5.41, 5.74) is 5.46. The van der Waals surface area contributed by atoms with Crippen LogP contribution in [-0.4, -0.2) is 48.6 Å². The molecule has 0 spiro atoms. The molecule has 2 amide bonds. The lowest BCUT2D eigenvalue weighted by Gasteiger charge is -2.29. The van der Waals surface area contributed by atoms with Crippen molar-refractivity contribution in [3.05, 3.63) is 0 Å². The summed E-state index contributed by atoms with van der Waals surface area (Å²) in [4.78, 5) is 15.8. The Morgan fingerprint density at radius 1 is 1.07 bits per heavy atom. The van der Waals surface area contributed by atoms with Gasteiger partial charge in [-0.05, 0) is 33.2 Å². The highest BCUT2D eigenvalue weighted by atomic mass is 16.2. The van der Waals surface area contributed by atoms with Crippen LogP contribution in [0.25, 0.3) is 0 Å². The molecular weight excluding hydrogens is 190 g/mol. The minimum Gasteiger partial charge on any atom is -0.330 e. The molecule has 4 nitrogen and oxygen atoms in total. The van der Waals surface area contributed by atoms with Gasteiger partial charge < -0.3 is 15.5 Å². The SMILES string of the molecule is CCCN(CCCN)C(=O)N(CC)CC. The summed E-state index contributed by atoms with van der Waals surface area (Å²) in [7, 11) is 0. The van der Waals surface area contributed by atoms with E-state index in [4.69, 9.17) is 5.73 Å². The number of urea groups is 1. The van der Waals surface area contributed by atoms with Gasteiger partial charge in [0.2, 0.25) is 0 Å². The second-order valence-corrected chi connectivity index (χ2v) is 3.58. The van der Waals surface area contributed by atoms with Gasteiger partial charge in [-0.3, -0.25) is 0 Å². The molecule has 0 aromatic rings. The van der Waals surface area contributed by atoms with Gasteiger partial charge in [0.1, 0.15) is 0 Å². The van der Waals surface area contributed by atoms with Crippen LogP contribution >= 0.6 is 0 Å². The molecule has 15 heavy (non-hydrogen) atoms. The number of nitrogens with two attached hydrogens (primary N) is 1. The fourth-order valence-electron chi connectivity index (χ4n) is 1.55. The Bertz CT molecular complexity index is 169. The van der Waals surface area contributed by atoms with Gasteiger partial charge in [0.25, 0.3) is 0 Å². The molecule has 0 aliphatic rings. The Balaban J connectivity index is 4.24. The zero-order valence-electron chi connectivity index (χ0n) is 10.3. The molecule has 0 fully saturated rings. The Morgan fingerprint density at radius 3 is 2.07 bits per heavy atom. The Morgan fingerprint density at radius 2 is 1.67 bits per heavy atom. The molecule has 0 saturated carbocycles. The Hall–Kier alpha value is -0.770. The number of carbonyl (C=O) groups excluding carboxylic acids is 1. The van der Waals surface area contributed by atoms with Gasteiger partial charge in [-0.15, -0.1) is 0 Å². The zero-order valence-corrected chi connectivity index (χ0v) is 10.3. The summed E-state index contributed by atoms with van der Waals surface area (Å²) < 4.78 is 0. The third-order valence-electron chi connectivity index (χ3n) is 2.43. The van der Waals surface area contributed by atoms with E-state index in [2.05, 4.69) is 6.92 Å². The van der Waals surface area contributed by atoms with Crippen molar-refractivity contribution in [1.82, 2.24) is 9.80 Å². The van der Waals surface area contributed by atoms with Gasteiger partial charge in [-0.1, -0.05) is 6.92 Å². The van der Waals surface area contributed by atoms with Crippen molar-refractivity contribution in [2.75, 3.05) is 32.7 Å². The molecule has 4 heteroatoms. The van der Waals surface area contributed by atoms with E-state index in [-0.39, 0.29) is 6.03 Å². The molecule has 0 aromatic carbocycles. The maximum absolute atomic E-state index is 12.0. The molecule has 0 aromatic heterocycles.